The number of azide groups is 1. The highest BCUT2D eigenvalue weighted by atomic mass is 16.6. The van der Waals surface area contributed by atoms with Crippen molar-refractivity contribution in [1.29, 1.82) is 0 Å². The molecule has 0 saturated carbocycles. The zero-order valence-corrected chi connectivity index (χ0v) is 13.8. The van der Waals surface area contributed by atoms with Crippen molar-refractivity contribution < 1.29 is 9.53 Å². The minimum atomic E-state index is -0.625. The molecule has 6 nitrogen and oxygen atoms in total. The molecule has 0 aliphatic rings. The van der Waals surface area contributed by atoms with Gasteiger partial charge in [-0.05, 0) is 38.3 Å². The Morgan fingerprint density at radius 3 is 2.61 bits per heavy atom. The Kier molecular flexibility index (Phi) is 6.98. The molecule has 1 atom stereocenters. The Morgan fingerprint density at radius 1 is 1.43 bits per heavy atom. The monoisotopic (exact) mass is 314 g/mol. The summed E-state index contributed by atoms with van der Waals surface area (Å²) in [6, 6.07) is 9.29. The molecule has 1 amide bonds. The van der Waals surface area contributed by atoms with E-state index in [9.17, 15) is 4.79 Å². The minimum Gasteiger partial charge on any atom is -0.444 e. The molecule has 0 radical (unpaired) electrons. The number of carbonyl (C=O) groups is 1. The van der Waals surface area contributed by atoms with Gasteiger partial charge in [-0.25, -0.2) is 4.79 Å². The fraction of sp³-hybridized carbons (Fsp3) is 0.471. The summed E-state index contributed by atoms with van der Waals surface area (Å²) in [6.45, 7) is 5.59. The zero-order valence-electron chi connectivity index (χ0n) is 13.8. The van der Waals surface area contributed by atoms with Crippen LogP contribution in [0.5, 0.6) is 0 Å². The van der Waals surface area contributed by atoms with Crippen molar-refractivity contribution >= 4 is 6.09 Å². The summed E-state index contributed by atoms with van der Waals surface area (Å²) >= 11 is 0. The van der Waals surface area contributed by atoms with Crippen molar-refractivity contribution in [3.8, 4) is 12.3 Å². The highest BCUT2D eigenvalue weighted by molar-refractivity contribution is 5.69. The molecule has 0 spiro atoms. The Hall–Kier alpha value is -2.64. The smallest absolute Gasteiger partial charge is 0.411 e. The molecule has 0 N–H and O–H groups in total. The van der Waals surface area contributed by atoms with E-state index in [1.54, 1.807) is 20.8 Å². The van der Waals surface area contributed by atoms with E-state index in [1.165, 1.54) is 4.90 Å². The lowest BCUT2D eigenvalue weighted by atomic mass is 10.0. The molecule has 23 heavy (non-hydrogen) atoms. The first-order chi connectivity index (χ1) is 10.9. The van der Waals surface area contributed by atoms with Gasteiger partial charge in [0.25, 0.3) is 0 Å². The molecule has 1 aromatic rings. The first-order valence-corrected chi connectivity index (χ1v) is 7.35. The second-order valence-electron chi connectivity index (χ2n) is 6.07. The van der Waals surface area contributed by atoms with Crippen molar-refractivity contribution in [3.63, 3.8) is 0 Å². The number of amides is 1. The highest BCUT2D eigenvalue weighted by Crippen LogP contribution is 2.15. The van der Waals surface area contributed by atoms with Crippen LogP contribution in [0.2, 0.25) is 0 Å². The zero-order chi connectivity index (χ0) is 17.3. The lowest BCUT2D eigenvalue weighted by Gasteiger charge is -2.31. The Balaban J connectivity index is 3.00. The van der Waals surface area contributed by atoms with Crippen LogP contribution in [0.25, 0.3) is 10.4 Å². The SMILES string of the molecule is C#CCN(C(=O)OC(C)(C)C)[C@H](CN=[N+]=[N-])Cc1ccccc1. The summed E-state index contributed by atoms with van der Waals surface area (Å²) < 4.78 is 5.41. The first kappa shape index (κ1) is 18.4. The largest absolute Gasteiger partial charge is 0.444 e. The average molecular weight is 314 g/mol. The van der Waals surface area contributed by atoms with E-state index in [2.05, 4.69) is 15.9 Å². The predicted molar refractivity (Wildman–Crippen MR) is 89.7 cm³/mol. The van der Waals surface area contributed by atoms with Gasteiger partial charge >= 0.3 is 6.09 Å². The van der Waals surface area contributed by atoms with E-state index in [-0.39, 0.29) is 19.1 Å². The van der Waals surface area contributed by atoms with E-state index < -0.39 is 11.7 Å². The van der Waals surface area contributed by atoms with Gasteiger partial charge in [0.2, 0.25) is 0 Å². The van der Waals surface area contributed by atoms with E-state index in [1.807, 2.05) is 30.3 Å². The summed E-state index contributed by atoms with van der Waals surface area (Å²) in [6.07, 6.45) is 5.41. The predicted octanol–water partition coefficient (Wildman–Crippen LogP) is 3.78. The van der Waals surface area contributed by atoms with Gasteiger partial charge in [-0.3, -0.25) is 4.90 Å². The van der Waals surface area contributed by atoms with Crippen LogP contribution in [0.3, 0.4) is 0 Å². The van der Waals surface area contributed by atoms with Gasteiger partial charge in [0.1, 0.15) is 5.60 Å². The average Bonchev–Trinajstić information content (AvgIpc) is 2.48. The molecule has 0 bridgehead atoms. The molecule has 122 valence electrons. The molecule has 0 aliphatic heterocycles. The normalized spacial score (nSPS) is 11.7. The molecule has 0 saturated heterocycles. The van der Waals surface area contributed by atoms with Crippen molar-refractivity contribution in [2.75, 3.05) is 13.1 Å². The number of nitrogens with zero attached hydrogens (tertiary/aromatic N) is 4. The molecule has 0 aromatic heterocycles. The minimum absolute atomic E-state index is 0.0906. The van der Waals surface area contributed by atoms with Crippen LogP contribution in [0.15, 0.2) is 35.4 Å². The molecule has 1 aromatic carbocycles. The quantitative estimate of drug-likeness (QED) is 0.347. The molecule has 6 heteroatoms. The molecular weight excluding hydrogens is 292 g/mol. The third-order valence-electron chi connectivity index (χ3n) is 3.00. The van der Waals surface area contributed by atoms with Crippen molar-refractivity contribution in [1.82, 2.24) is 4.90 Å². The number of rotatable bonds is 6. The maximum atomic E-state index is 12.4. The second-order valence-corrected chi connectivity index (χ2v) is 6.07. The highest BCUT2D eigenvalue weighted by Gasteiger charge is 2.27. The van der Waals surface area contributed by atoms with Gasteiger partial charge in [0.05, 0.1) is 6.54 Å². The third kappa shape index (κ3) is 6.77. The van der Waals surface area contributed by atoms with Crippen LogP contribution in [0.1, 0.15) is 26.3 Å². The van der Waals surface area contributed by atoms with Crippen LogP contribution in [-0.4, -0.2) is 35.7 Å². The molecular formula is C17H22N4O2. The molecule has 0 aliphatic carbocycles. The van der Waals surface area contributed by atoms with Crippen molar-refractivity contribution in [2.45, 2.75) is 38.8 Å². The van der Waals surface area contributed by atoms with E-state index in [4.69, 9.17) is 16.7 Å². The number of terminal acetylenes is 1. The van der Waals surface area contributed by atoms with Crippen LogP contribution in [0.4, 0.5) is 4.79 Å². The summed E-state index contributed by atoms with van der Waals surface area (Å²) in [4.78, 5) is 16.6. The topological polar surface area (TPSA) is 78.3 Å². The van der Waals surface area contributed by atoms with Gasteiger partial charge in [-0.15, -0.1) is 6.42 Å². The maximum Gasteiger partial charge on any atom is 0.411 e. The molecule has 0 heterocycles. The number of carbonyl (C=O) groups excluding carboxylic acids is 1. The number of hydrogen-bond donors (Lipinski definition) is 0. The van der Waals surface area contributed by atoms with Crippen LogP contribution in [0, 0.1) is 12.3 Å². The maximum absolute atomic E-state index is 12.4. The Bertz CT molecular complexity index is 595. The fourth-order valence-electron chi connectivity index (χ4n) is 2.05. The van der Waals surface area contributed by atoms with Crippen LogP contribution in [-0.2, 0) is 11.2 Å². The van der Waals surface area contributed by atoms with Gasteiger partial charge in [-0.2, -0.15) is 0 Å². The molecule has 0 unspecified atom stereocenters. The van der Waals surface area contributed by atoms with Crippen LogP contribution >= 0.6 is 0 Å². The third-order valence-corrected chi connectivity index (χ3v) is 3.00. The van der Waals surface area contributed by atoms with Gasteiger partial charge < -0.3 is 4.74 Å². The summed E-state index contributed by atoms with van der Waals surface area (Å²) in [7, 11) is 0. The summed E-state index contributed by atoms with van der Waals surface area (Å²) in [5, 5.41) is 3.61. The van der Waals surface area contributed by atoms with Gasteiger partial charge in [-0.1, -0.05) is 41.4 Å². The van der Waals surface area contributed by atoms with Gasteiger partial charge in [0.15, 0.2) is 0 Å². The Morgan fingerprint density at radius 2 is 2.09 bits per heavy atom. The van der Waals surface area contributed by atoms with E-state index >= 15 is 0 Å². The van der Waals surface area contributed by atoms with Crippen LogP contribution < -0.4 is 0 Å². The lowest BCUT2D eigenvalue weighted by molar-refractivity contribution is 0.0199. The van der Waals surface area contributed by atoms with E-state index in [0.717, 1.165) is 5.56 Å². The standard InChI is InChI=1S/C17H22N4O2/c1-5-11-21(16(22)23-17(2,3)4)15(13-19-20-18)12-14-9-7-6-8-10-14/h1,6-10,15H,11-13H2,2-4H3/t15-/m0/s1. The second kappa shape index (κ2) is 8.72. The van der Waals surface area contributed by atoms with Gasteiger partial charge in [0, 0.05) is 17.5 Å². The summed E-state index contributed by atoms with van der Waals surface area (Å²) in [5.74, 6) is 2.47. The summed E-state index contributed by atoms with van der Waals surface area (Å²) in [5.41, 5.74) is 9.00. The molecule has 1 rings (SSSR count). The Labute approximate surface area is 137 Å². The fourth-order valence-corrected chi connectivity index (χ4v) is 2.05. The van der Waals surface area contributed by atoms with E-state index in [0.29, 0.717) is 6.42 Å². The first-order valence-electron chi connectivity index (χ1n) is 7.35. The van der Waals surface area contributed by atoms with Crippen molar-refractivity contribution in [3.05, 3.63) is 46.3 Å². The van der Waals surface area contributed by atoms with Crippen molar-refractivity contribution in [2.24, 2.45) is 5.11 Å². The molecule has 0 fully saturated rings. The number of ether oxygens (including phenoxy) is 1. The lowest BCUT2D eigenvalue weighted by Crippen LogP contribution is -2.46. The number of hydrogen-bond acceptors (Lipinski definition) is 3. The number of benzene rings is 1.